The molecule has 0 radical (unpaired) electrons. The minimum absolute atomic E-state index is 0. The van der Waals surface area contributed by atoms with Crippen LogP contribution in [0.25, 0.3) is 0 Å². The molecule has 0 amide bonds. The van der Waals surface area contributed by atoms with E-state index in [9.17, 15) is 8.42 Å². The summed E-state index contributed by atoms with van der Waals surface area (Å²) in [6.45, 7) is 2.88. The second-order valence-corrected chi connectivity index (χ2v) is 8.39. The summed E-state index contributed by atoms with van der Waals surface area (Å²) >= 11 is 0. The molecule has 0 atom stereocenters. The lowest BCUT2D eigenvalue weighted by atomic mass is 9.84. The van der Waals surface area contributed by atoms with Gasteiger partial charge in [-0.05, 0) is 49.7 Å². The van der Waals surface area contributed by atoms with Crippen molar-refractivity contribution < 1.29 is 8.42 Å². The van der Waals surface area contributed by atoms with Crippen LogP contribution in [-0.4, -0.2) is 38.7 Å². The van der Waals surface area contributed by atoms with E-state index < -0.39 is 9.84 Å². The van der Waals surface area contributed by atoms with E-state index >= 15 is 0 Å². The quantitative estimate of drug-likeness (QED) is 0.852. The number of nitrogens with zero attached hydrogens (tertiary/aromatic N) is 1. The Balaban J connectivity index is 0.00000161. The van der Waals surface area contributed by atoms with Crippen molar-refractivity contribution >= 4 is 22.2 Å². The van der Waals surface area contributed by atoms with E-state index in [0.29, 0.717) is 11.4 Å². The fourth-order valence-electron chi connectivity index (χ4n) is 3.58. The summed E-state index contributed by atoms with van der Waals surface area (Å²) in [5.74, 6) is 1.84. The molecule has 5 heteroatoms. The Morgan fingerprint density at radius 1 is 0.952 bits per heavy atom. The first kappa shape index (κ1) is 16.8. The van der Waals surface area contributed by atoms with Gasteiger partial charge in [0, 0.05) is 19.6 Å². The summed E-state index contributed by atoms with van der Waals surface area (Å²) in [6.07, 6.45) is 5.36. The molecule has 1 aromatic rings. The van der Waals surface area contributed by atoms with E-state index in [0.717, 1.165) is 24.9 Å². The zero-order chi connectivity index (χ0) is 14.0. The molecule has 1 aliphatic carbocycles. The lowest BCUT2D eigenvalue weighted by Crippen LogP contribution is -2.33. The predicted octanol–water partition coefficient (Wildman–Crippen LogP) is 3.00. The Morgan fingerprint density at radius 3 is 2.00 bits per heavy atom. The minimum atomic E-state index is -3.13. The van der Waals surface area contributed by atoms with E-state index in [4.69, 9.17) is 0 Å². The van der Waals surface area contributed by atoms with Crippen LogP contribution in [0.15, 0.2) is 35.2 Å². The highest BCUT2D eigenvalue weighted by Gasteiger charge is 2.29. The first-order chi connectivity index (χ1) is 9.63. The van der Waals surface area contributed by atoms with Crippen molar-refractivity contribution in [2.24, 2.45) is 11.8 Å². The highest BCUT2D eigenvalue weighted by atomic mass is 35.5. The van der Waals surface area contributed by atoms with Gasteiger partial charge in [0.25, 0.3) is 0 Å². The average molecular weight is 330 g/mol. The van der Waals surface area contributed by atoms with Crippen LogP contribution in [0.4, 0.5) is 0 Å². The van der Waals surface area contributed by atoms with Crippen LogP contribution in [0.3, 0.4) is 0 Å². The summed E-state index contributed by atoms with van der Waals surface area (Å²) < 4.78 is 24.6. The molecule has 3 aliphatic rings. The van der Waals surface area contributed by atoms with Crippen LogP contribution < -0.4 is 0 Å². The number of halogens is 1. The molecule has 2 aliphatic heterocycles. The van der Waals surface area contributed by atoms with Crippen molar-refractivity contribution in [2.75, 3.05) is 25.4 Å². The van der Waals surface area contributed by atoms with Gasteiger partial charge in [-0.2, -0.15) is 0 Å². The summed E-state index contributed by atoms with van der Waals surface area (Å²) in [4.78, 5) is 2.84. The highest BCUT2D eigenvalue weighted by molar-refractivity contribution is 7.91. The van der Waals surface area contributed by atoms with E-state index in [1.54, 1.807) is 24.3 Å². The zero-order valence-electron chi connectivity index (χ0n) is 12.3. The molecule has 0 unspecified atom stereocenters. The summed E-state index contributed by atoms with van der Waals surface area (Å²) in [5.41, 5.74) is 0. The molecular weight excluding hydrogens is 306 g/mol. The molecule has 1 aromatic carbocycles. The molecule has 4 rings (SSSR count). The smallest absolute Gasteiger partial charge is 0.179 e. The maximum absolute atomic E-state index is 12.3. The van der Waals surface area contributed by atoms with Crippen molar-refractivity contribution in [3.63, 3.8) is 0 Å². The largest absolute Gasteiger partial charge is 0.302 e. The first-order valence-electron chi connectivity index (χ1n) is 7.63. The van der Waals surface area contributed by atoms with E-state index in [1.807, 2.05) is 6.07 Å². The molecule has 3 nitrogen and oxygen atoms in total. The molecule has 2 heterocycles. The van der Waals surface area contributed by atoms with E-state index in [-0.39, 0.29) is 18.2 Å². The van der Waals surface area contributed by atoms with Crippen LogP contribution in [0.2, 0.25) is 0 Å². The minimum Gasteiger partial charge on any atom is -0.302 e. The van der Waals surface area contributed by atoms with Gasteiger partial charge < -0.3 is 4.90 Å². The fraction of sp³-hybridized carbons (Fsp3) is 0.625. The molecule has 21 heavy (non-hydrogen) atoms. The molecule has 1 saturated carbocycles. The molecule has 2 bridgehead atoms. The Morgan fingerprint density at radius 2 is 1.48 bits per heavy atom. The number of sulfone groups is 1. The van der Waals surface area contributed by atoms with Crippen LogP contribution in [0.5, 0.6) is 0 Å². The molecule has 2 saturated heterocycles. The van der Waals surface area contributed by atoms with Gasteiger partial charge in [0.15, 0.2) is 9.84 Å². The van der Waals surface area contributed by atoms with Gasteiger partial charge in [0.2, 0.25) is 0 Å². The van der Waals surface area contributed by atoms with E-state index in [1.165, 1.54) is 25.7 Å². The normalized spacial score (nSPS) is 26.1. The first-order valence-corrected chi connectivity index (χ1v) is 9.29. The molecule has 0 aromatic heterocycles. The Labute approximate surface area is 134 Å². The Bertz CT molecular complexity index is 525. The van der Waals surface area contributed by atoms with Crippen molar-refractivity contribution in [1.82, 2.24) is 4.90 Å². The van der Waals surface area contributed by atoms with Crippen molar-refractivity contribution in [2.45, 2.75) is 30.6 Å². The van der Waals surface area contributed by atoms with Gasteiger partial charge in [-0.15, -0.1) is 12.4 Å². The lowest BCUT2D eigenvalue weighted by molar-refractivity contribution is 0.266. The summed E-state index contributed by atoms with van der Waals surface area (Å²) in [5, 5.41) is 0. The molecule has 3 fully saturated rings. The highest BCUT2D eigenvalue weighted by Crippen LogP contribution is 2.33. The second-order valence-electron chi connectivity index (χ2n) is 6.28. The van der Waals surface area contributed by atoms with Gasteiger partial charge in [0.05, 0.1) is 10.6 Å². The number of benzene rings is 1. The van der Waals surface area contributed by atoms with Gasteiger partial charge >= 0.3 is 0 Å². The van der Waals surface area contributed by atoms with Crippen LogP contribution in [-0.2, 0) is 9.84 Å². The zero-order valence-corrected chi connectivity index (χ0v) is 13.9. The number of fused-ring (bicyclic) bond motifs is 4. The number of rotatable bonds is 4. The topological polar surface area (TPSA) is 37.4 Å². The van der Waals surface area contributed by atoms with Crippen molar-refractivity contribution in [3.8, 4) is 0 Å². The summed E-state index contributed by atoms with van der Waals surface area (Å²) in [6, 6.07) is 8.83. The lowest BCUT2D eigenvalue weighted by Gasteiger charge is -2.22. The standard InChI is InChI=1S/C16H23NO2S.ClH/c18-20(19,16-4-2-1-3-5-16)11-10-17-12-14-6-7-15(13-17)9-8-14;/h1-5,14-15H,6-13H2;1H. The molecule has 118 valence electrons. The van der Waals surface area contributed by atoms with Gasteiger partial charge in [-0.25, -0.2) is 8.42 Å². The SMILES string of the molecule is Cl.O=S(=O)(CCN1CC2CCC(CC2)C1)c1ccccc1. The average Bonchev–Trinajstić information content (AvgIpc) is 2.79. The van der Waals surface area contributed by atoms with Crippen molar-refractivity contribution in [1.29, 1.82) is 0 Å². The maximum atomic E-state index is 12.3. The second kappa shape index (κ2) is 7.12. The van der Waals surface area contributed by atoms with Crippen molar-refractivity contribution in [3.05, 3.63) is 30.3 Å². The molecular formula is C16H24ClNO2S. The summed E-state index contributed by atoms with van der Waals surface area (Å²) in [7, 11) is -3.13. The number of hydrogen-bond acceptors (Lipinski definition) is 3. The van der Waals surface area contributed by atoms with Crippen LogP contribution in [0.1, 0.15) is 25.7 Å². The predicted molar refractivity (Wildman–Crippen MR) is 87.6 cm³/mol. The van der Waals surface area contributed by atoms with Crippen LogP contribution in [0, 0.1) is 11.8 Å². The van der Waals surface area contributed by atoms with E-state index in [2.05, 4.69) is 4.90 Å². The fourth-order valence-corrected chi connectivity index (χ4v) is 4.89. The van der Waals surface area contributed by atoms with Gasteiger partial charge in [-0.3, -0.25) is 0 Å². The maximum Gasteiger partial charge on any atom is 0.179 e. The third kappa shape index (κ3) is 4.21. The third-order valence-corrected chi connectivity index (χ3v) is 6.49. The Kier molecular flexibility index (Phi) is 5.69. The van der Waals surface area contributed by atoms with Crippen LogP contribution >= 0.6 is 12.4 Å². The van der Waals surface area contributed by atoms with Gasteiger partial charge in [-0.1, -0.05) is 18.2 Å². The number of hydrogen-bond donors (Lipinski definition) is 0. The monoisotopic (exact) mass is 329 g/mol. The third-order valence-electron chi connectivity index (χ3n) is 4.78. The van der Waals surface area contributed by atoms with Gasteiger partial charge in [0.1, 0.15) is 0 Å². The molecule has 0 spiro atoms. The molecule has 0 N–H and O–H groups in total. The Hall–Kier alpha value is -0.580.